The Morgan fingerprint density at radius 1 is 1.40 bits per heavy atom. The zero-order valence-corrected chi connectivity index (χ0v) is 8.60. The Labute approximate surface area is 85.5 Å². The summed E-state index contributed by atoms with van der Waals surface area (Å²) in [5.41, 5.74) is -1.21. The standard InChI is InChI=1S/C9H13F3N2O/c1-3-4-5-14-8(15)6(2)7(13-14)9(10,11)12/h15H,3-5H2,1-2H3. The topological polar surface area (TPSA) is 38.0 Å². The second-order valence-electron chi connectivity index (χ2n) is 3.37. The molecule has 0 aliphatic carbocycles. The van der Waals surface area contributed by atoms with Crippen LogP contribution in [0.25, 0.3) is 0 Å². The number of rotatable bonds is 3. The van der Waals surface area contributed by atoms with Gasteiger partial charge in [0.25, 0.3) is 0 Å². The molecule has 6 heteroatoms. The van der Waals surface area contributed by atoms with Gasteiger partial charge in [0.15, 0.2) is 5.69 Å². The van der Waals surface area contributed by atoms with Crippen LogP contribution in [-0.4, -0.2) is 14.9 Å². The maximum absolute atomic E-state index is 12.4. The molecule has 0 fully saturated rings. The predicted octanol–water partition coefficient (Wildman–Crippen LogP) is 2.72. The van der Waals surface area contributed by atoms with E-state index in [4.69, 9.17) is 0 Å². The average molecular weight is 222 g/mol. The third kappa shape index (κ3) is 2.43. The number of alkyl halides is 3. The van der Waals surface area contributed by atoms with E-state index in [1.165, 1.54) is 6.92 Å². The Morgan fingerprint density at radius 2 is 2.00 bits per heavy atom. The number of hydrogen-bond acceptors (Lipinski definition) is 2. The SMILES string of the molecule is CCCCn1nc(C(F)(F)F)c(C)c1O. The van der Waals surface area contributed by atoms with Gasteiger partial charge in [-0.2, -0.15) is 18.3 Å². The van der Waals surface area contributed by atoms with Crippen molar-refractivity contribution in [3.05, 3.63) is 11.3 Å². The molecule has 0 unspecified atom stereocenters. The van der Waals surface area contributed by atoms with Crippen LogP contribution >= 0.6 is 0 Å². The van der Waals surface area contributed by atoms with Crippen molar-refractivity contribution in [2.75, 3.05) is 0 Å². The largest absolute Gasteiger partial charge is 0.493 e. The molecule has 1 heterocycles. The quantitative estimate of drug-likeness (QED) is 0.853. The summed E-state index contributed by atoms with van der Waals surface area (Å²) in [5.74, 6) is -0.393. The van der Waals surface area contributed by atoms with Gasteiger partial charge in [0.05, 0.1) is 0 Å². The number of aromatic hydroxyl groups is 1. The number of nitrogens with zero attached hydrogens (tertiary/aromatic N) is 2. The minimum Gasteiger partial charge on any atom is -0.493 e. The molecule has 0 radical (unpaired) electrons. The number of aryl methyl sites for hydroxylation is 1. The van der Waals surface area contributed by atoms with Crippen LogP contribution in [0, 0.1) is 6.92 Å². The van der Waals surface area contributed by atoms with Crippen LogP contribution in [0.15, 0.2) is 0 Å². The van der Waals surface area contributed by atoms with Crippen molar-refractivity contribution < 1.29 is 18.3 Å². The number of unbranched alkanes of at least 4 members (excludes halogenated alkanes) is 1. The maximum atomic E-state index is 12.4. The Kier molecular flexibility index (Phi) is 3.26. The molecule has 1 rings (SSSR count). The van der Waals surface area contributed by atoms with Crippen molar-refractivity contribution in [2.24, 2.45) is 0 Å². The molecule has 0 saturated heterocycles. The van der Waals surface area contributed by atoms with Crippen LogP contribution in [0.2, 0.25) is 0 Å². The minimum absolute atomic E-state index is 0.210. The predicted molar refractivity (Wildman–Crippen MR) is 48.5 cm³/mol. The lowest BCUT2D eigenvalue weighted by atomic mass is 10.2. The zero-order chi connectivity index (χ0) is 11.6. The van der Waals surface area contributed by atoms with Gasteiger partial charge in [-0.05, 0) is 13.3 Å². The van der Waals surface area contributed by atoms with Gasteiger partial charge in [0.1, 0.15) is 0 Å². The molecule has 0 atom stereocenters. The second-order valence-corrected chi connectivity index (χ2v) is 3.37. The van der Waals surface area contributed by atoms with E-state index in [9.17, 15) is 18.3 Å². The monoisotopic (exact) mass is 222 g/mol. The fourth-order valence-corrected chi connectivity index (χ4v) is 1.28. The molecular weight excluding hydrogens is 209 g/mol. The highest BCUT2D eigenvalue weighted by molar-refractivity contribution is 5.30. The van der Waals surface area contributed by atoms with E-state index in [1.54, 1.807) is 0 Å². The first kappa shape index (κ1) is 11.9. The molecular formula is C9H13F3N2O. The van der Waals surface area contributed by atoms with E-state index in [0.717, 1.165) is 11.1 Å². The average Bonchev–Trinajstić information content (AvgIpc) is 2.41. The summed E-state index contributed by atoms with van der Waals surface area (Å²) in [6, 6.07) is 0. The van der Waals surface area contributed by atoms with Crippen LogP contribution < -0.4 is 0 Å². The van der Waals surface area contributed by atoms with Gasteiger partial charge >= 0.3 is 6.18 Å². The molecule has 1 N–H and O–H groups in total. The van der Waals surface area contributed by atoms with Crippen molar-refractivity contribution in [3.8, 4) is 5.88 Å². The number of hydrogen-bond donors (Lipinski definition) is 1. The Morgan fingerprint density at radius 3 is 2.40 bits per heavy atom. The van der Waals surface area contributed by atoms with E-state index < -0.39 is 17.8 Å². The summed E-state index contributed by atoms with van der Waals surface area (Å²) in [6.45, 7) is 3.44. The summed E-state index contributed by atoms with van der Waals surface area (Å²) in [7, 11) is 0. The van der Waals surface area contributed by atoms with Crippen LogP contribution in [0.4, 0.5) is 13.2 Å². The maximum Gasteiger partial charge on any atom is 0.435 e. The smallest absolute Gasteiger partial charge is 0.435 e. The van der Waals surface area contributed by atoms with Crippen LogP contribution in [0.3, 0.4) is 0 Å². The van der Waals surface area contributed by atoms with Gasteiger partial charge in [-0.1, -0.05) is 13.3 Å². The lowest BCUT2D eigenvalue weighted by Gasteiger charge is -2.02. The van der Waals surface area contributed by atoms with Crippen molar-refractivity contribution in [1.29, 1.82) is 0 Å². The molecule has 0 bridgehead atoms. The summed E-state index contributed by atoms with van der Waals surface area (Å²) in [6.07, 6.45) is -2.98. The van der Waals surface area contributed by atoms with E-state index in [2.05, 4.69) is 5.10 Å². The molecule has 0 aromatic carbocycles. The van der Waals surface area contributed by atoms with Gasteiger partial charge in [-0.15, -0.1) is 0 Å². The first-order valence-corrected chi connectivity index (χ1v) is 4.71. The summed E-state index contributed by atoms with van der Waals surface area (Å²) in [5, 5.41) is 12.8. The lowest BCUT2D eigenvalue weighted by molar-refractivity contribution is -0.141. The molecule has 0 aliphatic rings. The Hall–Kier alpha value is -1.20. The molecule has 86 valence electrons. The van der Waals surface area contributed by atoms with Crippen LogP contribution in [0.5, 0.6) is 5.88 Å². The lowest BCUT2D eigenvalue weighted by Crippen LogP contribution is -2.09. The third-order valence-electron chi connectivity index (χ3n) is 2.15. The molecule has 0 saturated carbocycles. The van der Waals surface area contributed by atoms with E-state index in [-0.39, 0.29) is 5.56 Å². The molecule has 1 aromatic rings. The summed E-state index contributed by atoms with van der Waals surface area (Å²) >= 11 is 0. The van der Waals surface area contributed by atoms with Gasteiger partial charge in [-0.25, -0.2) is 4.68 Å². The Bertz CT molecular complexity index is 344. The van der Waals surface area contributed by atoms with Gasteiger partial charge in [0.2, 0.25) is 5.88 Å². The van der Waals surface area contributed by atoms with Crippen molar-refractivity contribution in [3.63, 3.8) is 0 Å². The first-order valence-electron chi connectivity index (χ1n) is 4.71. The molecule has 15 heavy (non-hydrogen) atoms. The first-order chi connectivity index (χ1) is 6.88. The molecule has 0 spiro atoms. The highest BCUT2D eigenvalue weighted by atomic mass is 19.4. The van der Waals surface area contributed by atoms with E-state index >= 15 is 0 Å². The van der Waals surface area contributed by atoms with Gasteiger partial charge in [-0.3, -0.25) is 0 Å². The zero-order valence-electron chi connectivity index (χ0n) is 8.60. The molecule has 3 nitrogen and oxygen atoms in total. The van der Waals surface area contributed by atoms with Crippen molar-refractivity contribution >= 4 is 0 Å². The highest BCUT2D eigenvalue weighted by Gasteiger charge is 2.37. The minimum atomic E-state index is -4.50. The van der Waals surface area contributed by atoms with Crippen molar-refractivity contribution in [1.82, 2.24) is 9.78 Å². The van der Waals surface area contributed by atoms with Crippen LogP contribution in [-0.2, 0) is 12.7 Å². The number of aromatic nitrogens is 2. The third-order valence-corrected chi connectivity index (χ3v) is 2.15. The van der Waals surface area contributed by atoms with E-state index in [1.807, 2.05) is 6.92 Å². The summed E-state index contributed by atoms with van der Waals surface area (Å²) in [4.78, 5) is 0. The van der Waals surface area contributed by atoms with Gasteiger partial charge in [0, 0.05) is 12.1 Å². The Balaban J connectivity index is 3.02. The van der Waals surface area contributed by atoms with E-state index in [0.29, 0.717) is 13.0 Å². The second kappa shape index (κ2) is 4.12. The fourth-order valence-electron chi connectivity index (χ4n) is 1.28. The normalized spacial score (nSPS) is 12.1. The molecule has 1 aromatic heterocycles. The molecule has 0 amide bonds. The van der Waals surface area contributed by atoms with Crippen LogP contribution in [0.1, 0.15) is 31.0 Å². The highest BCUT2D eigenvalue weighted by Crippen LogP contribution is 2.34. The van der Waals surface area contributed by atoms with Crippen molar-refractivity contribution in [2.45, 2.75) is 39.4 Å². The van der Waals surface area contributed by atoms with Gasteiger partial charge < -0.3 is 5.11 Å². The number of halogens is 3. The fraction of sp³-hybridized carbons (Fsp3) is 0.667. The molecule has 0 aliphatic heterocycles. The summed E-state index contributed by atoms with van der Waals surface area (Å²) < 4.78 is 38.1.